The number of rotatable bonds is 3. The van der Waals surface area contributed by atoms with Gasteiger partial charge in [0.1, 0.15) is 5.75 Å². The van der Waals surface area contributed by atoms with Crippen molar-refractivity contribution in [1.29, 1.82) is 0 Å². The molecule has 1 heterocycles. The van der Waals surface area contributed by atoms with Gasteiger partial charge in [0.15, 0.2) is 6.61 Å². The van der Waals surface area contributed by atoms with Crippen LogP contribution >= 0.6 is 0 Å². The lowest BCUT2D eigenvalue weighted by molar-refractivity contribution is -0.120. The summed E-state index contributed by atoms with van der Waals surface area (Å²) in [4.78, 5) is 22.9. The average Bonchev–Trinajstić information content (AvgIpc) is 3.12. The van der Waals surface area contributed by atoms with Crippen molar-refractivity contribution >= 4 is 17.5 Å². The van der Waals surface area contributed by atoms with Crippen molar-refractivity contribution in [1.82, 2.24) is 5.32 Å². The van der Waals surface area contributed by atoms with E-state index < -0.39 is 0 Å². The molecule has 1 aromatic rings. The summed E-state index contributed by atoms with van der Waals surface area (Å²) in [5, 5.41) is 5.66. The van der Waals surface area contributed by atoms with Gasteiger partial charge < -0.3 is 15.4 Å². The van der Waals surface area contributed by atoms with E-state index in [1.54, 1.807) is 12.1 Å². The first kappa shape index (κ1) is 11.1. The molecule has 0 aromatic heterocycles. The van der Waals surface area contributed by atoms with Gasteiger partial charge in [0.2, 0.25) is 5.91 Å². The maximum Gasteiger partial charge on any atom is 0.262 e. The molecule has 2 N–H and O–H groups in total. The Kier molecular flexibility index (Phi) is 2.66. The molecule has 0 saturated heterocycles. The molecule has 0 spiro atoms. The second-order valence-corrected chi connectivity index (χ2v) is 4.69. The molecule has 1 saturated carbocycles. The van der Waals surface area contributed by atoms with Crippen LogP contribution < -0.4 is 15.4 Å². The molecular weight excluding hydrogens is 232 g/mol. The zero-order valence-corrected chi connectivity index (χ0v) is 9.86. The minimum atomic E-state index is -0.165. The normalized spacial score (nSPS) is 17.4. The molecule has 94 valence electrons. The Hall–Kier alpha value is -2.04. The zero-order chi connectivity index (χ0) is 12.5. The summed E-state index contributed by atoms with van der Waals surface area (Å²) in [6.07, 6.45) is 2.50. The molecule has 18 heavy (non-hydrogen) atoms. The molecule has 2 aliphatic rings. The summed E-state index contributed by atoms with van der Waals surface area (Å²) >= 11 is 0. The Bertz CT molecular complexity index is 509. The first-order chi connectivity index (χ1) is 8.70. The van der Waals surface area contributed by atoms with Crippen LogP contribution in [0, 0.1) is 0 Å². The Morgan fingerprint density at radius 3 is 3.06 bits per heavy atom. The molecule has 1 fully saturated rings. The second-order valence-electron chi connectivity index (χ2n) is 4.69. The zero-order valence-electron chi connectivity index (χ0n) is 9.86. The number of nitrogens with one attached hydrogen (secondary N) is 2. The van der Waals surface area contributed by atoms with Gasteiger partial charge in [-0.05, 0) is 30.5 Å². The van der Waals surface area contributed by atoms with E-state index in [-0.39, 0.29) is 18.4 Å². The third-order valence-corrected chi connectivity index (χ3v) is 2.98. The number of carbonyl (C=O) groups is 2. The SMILES string of the molecule is O=C1COc2ccc(CC(=O)NC3CC3)cc2N1. The van der Waals surface area contributed by atoms with Crippen molar-refractivity contribution in [2.24, 2.45) is 0 Å². The van der Waals surface area contributed by atoms with E-state index in [0.717, 1.165) is 18.4 Å². The Morgan fingerprint density at radius 1 is 1.44 bits per heavy atom. The smallest absolute Gasteiger partial charge is 0.262 e. The van der Waals surface area contributed by atoms with Crippen LogP contribution in [-0.4, -0.2) is 24.5 Å². The molecule has 0 unspecified atom stereocenters. The first-order valence-electron chi connectivity index (χ1n) is 6.05. The van der Waals surface area contributed by atoms with Crippen molar-refractivity contribution in [3.8, 4) is 5.75 Å². The lowest BCUT2D eigenvalue weighted by Gasteiger charge is -2.18. The molecule has 0 atom stereocenters. The number of hydrogen-bond donors (Lipinski definition) is 2. The van der Waals surface area contributed by atoms with Crippen molar-refractivity contribution in [2.75, 3.05) is 11.9 Å². The molecule has 2 amide bonds. The highest BCUT2D eigenvalue weighted by Gasteiger charge is 2.23. The van der Waals surface area contributed by atoms with Crippen LogP contribution in [0.1, 0.15) is 18.4 Å². The minimum Gasteiger partial charge on any atom is -0.482 e. The van der Waals surface area contributed by atoms with E-state index in [4.69, 9.17) is 4.74 Å². The monoisotopic (exact) mass is 246 g/mol. The van der Waals surface area contributed by atoms with Crippen LogP contribution in [0.3, 0.4) is 0 Å². The maximum atomic E-state index is 11.7. The average molecular weight is 246 g/mol. The third-order valence-electron chi connectivity index (χ3n) is 2.98. The van der Waals surface area contributed by atoms with Crippen LogP contribution in [0.25, 0.3) is 0 Å². The molecule has 1 aromatic carbocycles. The molecule has 1 aliphatic carbocycles. The molecule has 5 nitrogen and oxygen atoms in total. The predicted octanol–water partition coefficient (Wildman–Crippen LogP) is 0.839. The van der Waals surface area contributed by atoms with Crippen LogP contribution in [0.15, 0.2) is 18.2 Å². The summed E-state index contributed by atoms with van der Waals surface area (Å²) in [5.41, 5.74) is 1.51. The van der Waals surface area contributed by atoms with Crippen LogP contribution in [0.2, 0.25) is 0 Å². The van der Waals surface area contributed by atoms with E-state index in [0.29, 0.717) is 23.9 Å². The maximum absolute atomic E-state index is 11.7. The number of hydrogen-bond acceptors (Lipinski definition) is 3. The van der Waals surface area contributed by atoms with Crippen LogP contribution in [-0.2, 0) is 16.0 Å². The number of carbonyl (C=O) groups excluding carboxylic acids is 2. The number of anilines is 1. The summed E-state index contributed by atoms with van der Waals surface area (Å²) in [6.45, 7) is 0.0501. The highest BCUT2D eigenvalue weighted by atomic mass is 16.5. The van der Waals surface area contributed by atoms with E-state index in [1.165, 1.54) is 0 Å². The fraction of sp³-hybridized carbons (Fsp3) is 0.385. The van der Waals surface area contributed by atoms with Crippen LogP contribution in [0.4, 0.5) is 5.69 Å². The second kappa shape index (κ2) is 4.33. The van der Waals surface area contributed by atoms with E-state index in [2.05, 4.69) is 10.6 Å². The number of benzene rings is 1. The lowest BCUT2D eigenvalue weighted by Crippen LogP contribution is -2.27. The summed E-state index contributed by atoms with van der Waals surface area (Å²) in [7, 11) is 0. The molecule has 5 heteroatoms. The molecular formula is C13H14N2O3. The van der Waals surface area contributed by atoms with Crippen molar-refractivity contribution in [2.45, 2.75) is 25.3 Å². The molecule has 3 rings (SSSR count). The summed E-state index contributed by atoms with van der Waals surface area (Å²) < 4.78 is 5.26. The number of ether oxygens (including phenoxy) is 1. The standard InChI is InChI=1S/C13H14N2O3/c16-12(14-9-2-3-9)6-8-1-4-11-10(5-8)15-13(17)7-18-11/h1,4-5,9H,2-3,6-7H2,(H,14,16)(H,15,17). The Morgan fingerprint density at radius 2 is 2.28 bits per heavy atom. The summed E-state index contributed by atoms with van der Waals surface area (Å²) in [6, 6.07) is 5.80. The van der Waals surface area contributed by atoms with Gasteiger partial charge in [-0.2, -0.15) is 0 Å². The van der Waals surface area contributed by atoms with Crippen molar-refractivity contribution in [3.63, 3.8) is 0 Å². The number of fused-ring (bicyclic) bond motifs is 1. The van der Waals surface area contributed by atoms with Gasteiger partial charge in [0, 0.05) is 6.04 Å². The topological polar surface area (TPSA) is 67.4 Å². The van der Waals surface area contributed by atoms with Gasteiger partial charge in [0.05, 0.1) is 12.1 Å². The van der Waals surface area contributed by atoms with Crippen molar-refractivity contribution in [3.05, 3.63) is 23.8 Å². The van der Waals surface area contributed by atoms with Gasteiger partial charge in [-0.15, -0.1) is 0 Å². The molecule has 1 aliphatic heterocycles. The quantitative estimate of drug-likeness (QED) is 0.830. The Balaban J connectivity index is 1.70. The highest BCUT2D eigenvalue weighted by molar-refractivity contribution is 5.95. The van der Waals surface area contributed by atoms with Crippen molar-refractivity contribution < 1.29 is 14.3 Å². The third kappa shape index (κ3) is 2.45. The van der Waals surface area contributed by atoms with Gasteiger partial charge in [0.25, 0.3) is 5.91 Å². The fourth-order valence-electron chi connectivity index (χ4n) is 1.93. The van der Waals surface area contributed by atoms with Crippen LogP contribution in [0.5, 0.6) is 5.75 Å². The lowest BCUT2D eigenvalue weighted by atomic mass is 10.1. The predicted molar refractivity (Wildman–Crippen MR) is 65.4 cm³/mol. The summed E-state index contributed by atoms with van der Waals surface area (Å²) in [5.74, 6) is 0.517. The van der Waals surface area contributed by atoms with Gasteiger partial charge in [-0.25, -0.2) is 0 Å². The number of amides is 2. The fourth-order valence-corrected chi connectivity index (χ4v) is 1.93. The van der Waals surface area contributed by atoms with E-state index in [1.807, 2.05) is 6.07 Å². The van der Waals surface area contributed by atoms with Gasteiger partial charge >= 0.3 is 0 Å². The van der Waals surface area contributed by atoms with E-state index >= 15 is 0 Å². The Labute approximate surface area is 105 Å². The van der Waals surface area contributed by atoms with E-state index in [9.17, 15) is 9.59 Å². The molecule has 0 radical (unpaired) electrons. The largest absolute Gasteiger partial charge is 0.482 e. The molecule has 0 bridgehead atoms. The first-order valence-corrected chi connectivity index (χ1v) is 6.05. The highest BCUT2D eigenvalue weighted by Crippen LogP contribution is 2.28. The van der Waals surface area contributed by atoms with Gasteiger partial charge in [-0.1, -0.05) is 6.07 Å². The minimum absolute atomic E-state index is 0.0282. The van der Waals surface area contributed by atoms with Gasteiger partial charge in [-0.3, -0.25) is 9.59 Å².